The van der Waals surface area contributed by atoms with Crippen LogP contribution in [-0.2, 0) is 19.1 Å². The number of ether oxygens (including phenoxy) is 2. The van der Waals surface area contributed by atoms with Gasteiger partial charge in [0.1, 0.15) is 6.42 Å². The van der Waals surface area contributed by atoms with Gasteiger partial charge in [-0.25, -0.2) is 0 Å². The second kappa shape index (κ2) is 20.7. The third-order valence-corrected chi connectivity index (χ3v) is 4.88. The Morgan fingerprint density at radius 2 is 1.00 bits per heavy atom. The molecule has 0 N–H and O–H groups in total. The third kappa shape index (κ3) is 21.2. The van der Waals surface area contributed by atoms with Crippen LogP contribution in [0.3, 0.4) is 0 Å². The molecule has 0 fully saturated rings. The zero-order valence-electron chi connectivity index (χ0n) is 18.9. The summed E-state index contributed by atoms with van der Waals surface area (Å²) in [6.45, 7) is 6.95. The van der Waals surface area contributed by atoms with Gasteiger partial charge >= 0.3 is 11.9 Å². The van der Waals surface area contributed by atoms with Crippen LogP contribution in [0.4, 0.5) is 0 Å². The molecular weight excluding hydrogens is 352 g/mol. The van der Waals surface area contributed by atoms with Crippen molar-refractivity contribution in [2.24, 2.45) is 5.92 Å². The molecule has 0 aromatic heterocycles. The fraction of sp³-hybridized carbons (Fsp3) is 0.917. The average Bonchev–Trinajstić information content (AvgIpc) is 2.66. The second-order valence-corrected chi connectivity index (χ2v) is 8.42. The minimum atomic E-state index is -0.491. The summed E-state index contributed by atoms with van der Waals surface area (Å²) < 4.78 is 10.1. The van der Waals surface area contributed by atoms with Gasteiger partial charge in [0.15, 0.2) is 0 Å². The maximum atomic E-state index is 11.5. The maximum Gasteiger partial charge on any atom is 0.317 e. The number of unbranched alkanes of at least 4 members (excludes halogenated alkanes) is 14. The largest absolute Gasteiger partial charge is 0.465 e. The zero-order valence-corrected chi connectivity index (χ0v) is 18.9. The van der Waals surface area contributed by atoms with Gasteiger partial charge in [-0.1, -0.05) is 111 Å². The fourth-order valence-corrected chi connectivity index (χ4v) is 3.14. The van der Waals surface area contributed by atoms with Gasteiger partial charge in [-0.15, -0.1) is 0 Å². The summed E-state index contributed by atoms with van der Waals surface area (Å²) in [5, 5.41) is 0. The smallest absolute Gasteiger partial charge is 0.317 e. The Morgan fingerprint density at radius 3 is 1.43 bits per heavy atom. The maximum absolute atomic E-state index is 11.5. The van der Waals surface area contributed by atoms with Crippen molar-refractivity contribution in [3.8, 4) is 0 Å². The summed E-state index contributed by atoms with van der Waals surface area (Å²) >= 11 is 0. The molecule has 4 heteroatoms. The van der Waals surface area contributed by atoms with Crippen molar-refractivity contribution >= 4 is 11.9 Å². The van der Waals surface area contributed by atoms with E-state index in [0.717, 1.165) is 12.8 Å². The molecule has 0 heterocycles. The highest BCUT2D eigenvalue weighted by atomic mass is 16.6. The van der Waals surface area contributed by atoms with Gasteiger partial charge in [0.25, 0.3) is 0 Å². The van der Waals surface area contributed by atoms with Crippen LogP contribution in [0.2, 0.25) is 0 Å². The van der Waals surface area contributed by atoms with Gasteiger partial charge in [-0.3, -0.25) is 9.59 Å². The molecule has 0 aliphatic rings. The van der Waals surface area contributed by atoms with E-state index in [1.165, 1.54) is 83.5 Å². The fourth-order valence-electron chi connectivity index (χ4n) is 3.14. The van der Waals surface area contributed by atoms with Crippen molar-refractivity contribution in [1.82, 2.24) is 0 Å². The van der Waals surface area contributed by atoms with E-state index in [9.17, 15) is 9.59 Å². The Bertz CT molecular complexity index is 366. The molecule has 0 amide bonds. The molecule has 0 aliphatic carbocycles. The summed E-state index contributed by atoms with van der Waals surface area (Å²) in [7, 11) is 0. The summed E-state index contributed by atoms with van der Waals surface area (Å²) in [4.78, 5) is 22.9. The van der Waals surface area contributed by atoms with Crippen LogP contribution in [-0.4, -0.2) is 25.2 Å². The minimum Gasteiger partial charge on any atom is -0.465 e. The Labute approximate surface area is 174 Å². The molecule has 28 heavy (non-hydrogen) atoms. The summed E-state index contributed by atoms with van der Waals surface area (Å²) in [6, 6.07) is 0. The molecule has 0 saturated carbocycles. The molecule has 0 radical (unpaired) electrons. The molecule has 0 spiro atoms. The van der Waals surface area contributed by atoms with Crippen molar-refractivity contribution < 1.29 is 19.1 Å². The molecule has 0 unspecified atom stereocenters. The Hall–Kier alpha value is -1.06. The first-order valence-electron chi connectivity index (χ1n) is 11.9. The first-order chi connectivity index (χ1) is 13.6. The number of carbonyl (C=O) groups is 2. The summed E-state index contributed by atoms with van der Waals surface area (Å²) in [5.41, 5.74) is 0. The van der Waals surface area contributed by atoms with Gasteiger partial charge in [0.05, 0.1) is 13.2 Å². The quantitative estimate of drug-likeness (QED) is 0.126. The van der Waals surface area contributed by atoms with Crippen molar-refractivity contribution in [3.63, 3.8) is 0 Å². The van der Waals surface area contributed by atoms with Crippen molar-refractivity contribution in [1.29, 1.82) is 0 Å². The monoisotopic (exact) mass is 398 g/mol. The predicted octanol–water partition coefficient (Wildman–Crippen LogP) is 6.99. The zero-order chi connectivity index (χ0) is 20.9. The van der Waals surface area contributed by atoms with Crippen molar-refractivity contribution in [2.75, 3.05) is 13.2 Å². The van der Waals surface area contributed by atoms with Gasteiger partial charge in [0, 0.05) is 0 Å². The number of rotatable bonds is 20. The lowest BCUT2D eigenvalue weighted by Gasteiger charge is -2.07. The number of esters is 2. The number of hydrogen-bond donors (Lipinski definition) is 0. The highest BCUT2D eigenvalue weighted by Gasteiger charge is 2.12. The summed E-state index contributed by atoms with van der Waals surface area (Å²) in [5.74, 6) is -0.686. The molecule has 0 rings (SSSR count). The standard InChI is InChI=1S/C24H46O4/c1-4-5-6-7-8-9-10-11-12-13-14-15-16-17-18-19-27-23(25)20-24(26)28-21-22(2)3/h22H,4-21H2,1-3H3. The van der Waals surface area contributed by atoms with Crippen LogP contribution in [0.1, 0.15) is 124 Å². The van der Waals surface area contributed by atoms with E-state index in [4.69, 9.17) is 9.47 Å². The van der Waals surface area contributed by atoms with E-state index in [2.05, 4.69) is 6.92 Å². The molecule has 0 atom stereocenters. The van der Waals surface area contributed by atoms with Crippen LogP contribution in [0.5, 0.6) is 0 Å². The van der Waals surface area contributed by atoms with Crippen LogP contribution in [0, 0.1) is 5.92 Å². The van der Waals surface area contributed by atoms with Gasteiger partial charge < -0.3 is 9.47 Å². The van der Waals surface area contributed by atoms with Gasteiger partial charge in [-0.05, 0) is 12.3 Å². The lowest BCUT2D eigenvalue weighted by Crippen LogP contribution is -2.16. The molecule has 166 valence electrons. The second-order valence-electron chi connectivity index (χ2n) is 8.42. The van der Waals surface area contributed by atoms with Crippen molar-refractivity contribution in [2.45, 2.75) is 124 Å². The Balaban J connectivity index is 3.23. The lowest BCUT2D eigenvalue weighted by molar-refractivity contribution is -0.155. The Morgan fingerprint density at radius 1 is 0.607 bits per heavy atom. The van der Waals surface area contributed by atoms with E-state index in [0.29, 0.717) is 13.2 Å². The minimum absolute atomic E-state index is 0.272. The highest BCUT2D eigenvalue weighted by Crippen LogP contribution is 2.13. The van der Waals surface area contributed by atoms with Crippen LogP contribution in [0.25, 0.3) is 0 Å². The molecule has 0 saturated heterocycles. The molecule has 4 nitrogen and oxygen atoms in total. The van der Waals surface area contributed by atoms with E-state index >= 15 is 0 Å². The first kappa shape index (κ1) is 26.9. The molecule has 0 bridgehead atoms. The molecular formula is C24H46O4. The summed E-state index contributed by atoms with van der Waals surface area (Å²) in [6.07, 6.45) is 19.4. The Kier molecular flexibility index (Phi) is 19.9. The average molecular weight is 399 g/mol. The lowest BCUT2D eigenvalue weighted by atomic mass is 10.0. The first-order valence-corrected chi connectivity index (χ1v) is 11.9. The van der Waals surface area contributed by atoms with Crippen molar-refractivity contribution in [3.05, 3.63) is 0 Å². The molecule has 0 aliphatic heterocycles. The normalized spacial score (nSPS) is 11.0. The van der Waals surface area contributed by atoms with E-state index in [-0.39, 0.29) is 12.3 Å². The van der Waals surface area contributed by atoms with Gasteiger partial charge in [0.2, 0.25) is 0 Å². The van der Waals surface area contributed by atoms with E-state index < -0.39 is 11.9 Å². The van der Waals surface area contributed by atoms with Crippen LogP contribution < -0.4 is 0 Å². The number of hydrogen-bond acceptors (Lipinski definition) is 4. The number of carbonyl (C=O) groups excluding carboxylic acids is 2. The molecule has 0 aromatic rings. The van der Waals surface area contributed by atoms with Gasteiger partial charge in [-0.2, -0.15) is 0 Å². The highest BCUT2D eigenvalue weighted by molar-refractivity contribution is 5.91. The van der Waals surface area contributed by atoms with E-state index in [1.54, 1.807) is 0 Å². The van der Waals surface area contributed by atoms with E-state index in [1.807, 2.05) is 13.8 Å². The molecule has 0 aromatic carbocycles. The predicted molar refractivity (Wildman–Crippen MR) is 116 cm³/mol. The topological polar surface area (TPSA) is 52.6 Å². The van der Waals surface area contributed by atoms with Crippen LogP contribution in [0.15, 0.2) is 0 Å². The SMILES string of the molecule is CCCCCCCCCCCCCCCCCOC(=O)CC(=O)OCC(C)C. The van der Waals surface area contributed by atoms with Crippen LogP contribution >= 0.6 is 0 Å². The third-order valence-electron chi connectivity index (χ3n) is 4.88.